The maximum absolute atomic E-state index is 12.1. The van der Waals surface area contributed by atoms with Crippen molar-refractivity contribution in [1.29, 1.82) is 0 Å². The molecular weight excluding hydrogens is 260 g/mol. The molecule has 1 aromatic heterocycles. The molecule has 0 saturated carbocycles. The molecule has 0 spiro atoms. The predicted molar refractivity (Wildman–Crippen MR) is 87.5 cm³/mol. The zero-order valence-electron chi connectivity index (χ0n) is 12.2. The van der Waals surface area contributed by atoms with Crippen LogP contribution in [-0.2, 0) is 6.54 Å². The van der Waals surface area contributed by atoms with Crippen LogP contribution in [0, 0.1) is 6.92 Å². The summed E-state index contributed by atoms with van der Waals surface area (Å²) in [6.07, 6.45) is 1.81. The first-order chi connectivity index (χ1) is 10.2. The lowest BCUT2D eigenvalue weighted by Gasteiger charge is -2.10. The Bertz CT molecular complexity index is 849. The van der Waals surface area contributed by atoms with Crippen LogP contribution in [0.25, 0.3) is 21.9 Å². The number of aromatic amines is 1. The van der Waals surface area contributed by atoms with Crippen LogP contribution in [0.1, 0.15) is 11.1 Å². The number of nitrogens with one attached hydrogen (secondary N) is 2. The Morgan fingerprint density at radius 3 is 2.62 bits per heavy atom. The number of fused-ring (bicyclic) bond motifs is 1. The molecule has 3 nitrogen and oxygen atoms in total. The Labute approximate surface area is 123 Å². The minimum Gasteiger partial charge on any atom is -0.328 e. The molecule has 0 aliphatic carbocycles. The topological polar surface area (TPSA) is 44.9 Å². The number of aromatic nitrogens is 1. The van der Waals surface area contributed by atoms with E-state index in [-0.39, 0.29) is 5.56 Å². The minimum atomic E-state index is -0.0414. The summed E-state index contributed by atoms with van der Waals surface area (Å²) in [5, 5.41) is 4.84. The summed E-state index contributed by atoms with van der Waals surface area (Å²) in [4.78, 5) is 15.0. The van der Waals surface area contributed by atoms with Crippen molar-refractivity contribution in [2.24, 2.45) is 0 Å². The summed E-state index contributed by atoms with van der Waals surface area (Å²) in [6.45, 7) is 2.84. The molecule has 21 heavy (non-hydrogen) atoms. The molecule has 0 bridgehead atoms. The molecule has 3 aromatic rings. The third-order valence-corrected chi connectivity index (χ3v) is 3.78. The first-order valence-corrected chi connectivity index (χ1v) is 7.05. The number of benzene rings is 2. The van der Waals surface area contributed by atoms with Crippen molar-refractivity contribution in [3.63, 3.8) is 0 Å². The second-order valence-corrected chi connectivity index (χ2v) is 5.26. The molecule has 0 radical (unpaired) electrons. The number of hydrogen-bond donors (Lipinski definition) is 2. The number of rotatable bonds is 3. The first-order valence-electron chi connectivity index (χ1n) is 7.05. The van der Waals surface area contributed by atoms with Crippen LogP contribution in [0.15, 0.2) is 53.5 Å². The lowest BCUT2D eigenvalue weighted by molar-refractivity contribution is 0.819. The summed E-state index contributed by atoms with van der Waals surface area (Å²) < 4.78 is 0. The van der Waals surface area contributed by atoms with Gasteiger partial charge in [-0.15, -0.1) is 0 Å². The van der Waals surface area contributed by atoms with E-state index >= 15 is 0 Å². The van der Waals surface area contributed by atoms with Crippen molar-refractivity contribution in [2.75, 3.05) is 7.05 Å². The molecule has 3 heteroatoms. The van der Waals surface area contributed by atoms with Crippen molar-refractivity contribution in [3.8, 4) is 11.1 Å². The van der Waals surface area contributed by atoms with Gasteiger partial charge < -0.3 is 10.3 Å². The van der Waals surface area contributed by atoms with Gasteiger partial charge in [-0.1, -0.05) is 36.4 Å². The summed E-state index contributed by atoms with van der Waals surface area (Å²) in [5.74, 6) is 0. The monoisotopic (exact) mass is 278 g/mol. The van der Waals surface area contributed by atoms with E-state index in [0.29, 0.717) is 0 Å². The van der Waals surface area contributed by atoms with Gasteiger partial charge in [0.1, 0.15) is 0 Å². The number of H-pyrrole nitrogens is 1. The second-order valence-electron chi connectivity index (χ2n) is 5.26. The van der Waals surface area contributed by atoms with E-state index in [0.717, 1.165) is 34.0 Å². The van der Waals surface area contributed by atoms with Crippen LogP contribution < -0.4 is 10.9 Å². The highest BCUT2D eigenvalue weighted by molar-refractivity contribution is 5.96. The van der Waals surface area contributed by atoms with Gasteiger partial charge in [-0.25, -0.2) is 0 Å². The Morgan fingerprint density at radius 2 is 1.86 bits per heavy atom. The first kappa shape index (κ1) is 13.6. The maximum Gasteiger partial charge on any atom is 0.255 e. The summed E-state index contributed by atoms with van der Waals surface area (Å²) in [7, 11) is 1.90. The Balaban J connectivity index is 2.28. The normalized spacial score (nSPS) is 11.0. The molecule has 0 fully saturated rings. The van der Waals surface area contributed by atoms with E-state index in [1.807, 2.05) is 37.5 Å². The van der Waals surface area contributed by atoms with Crippen LogP contribution in [0.3, 0.4) is 0 Å². The zero-order chi connectivity index (χ0) is 14.8. The fourth-order valence-corrected chi connectivity index (χ4v) is 2.72. The van der Waals surface area contributed by atoms with Crippen LogP contribution in [0.4, 0.5) is 0 Å². The molecule has 0 atom stereocenters. The molecule has 0 unspecified atom stereocenters. The summed E-state index contributed by atoms with van der Waals surface area (Å²) >= 11 is 0. The molecular formula is C18H18N2O. The van der Waals surface area contributed by atoms with Crippen molar-refractivity contribution >= 4 is 10.8 Å². The molecule has 1 heterocycles. The Morgan fingerprint density at radius 1 is 1.05 bits per heavy atom. The average Bonchev–Trinajstić information content (AvgIpc) is 2.49. The zero-order valence-corrected chi connectivity index (χ0v) is 12.2. The predicted octanol–water partition coefficient (Wildman–Crippen LogP) is 3.22. The molecule has 2 N–H and O–H groups in total. The molecule has 0 aliphatic heterocycles. The van der Waals surface area contributed by atoms with Gasteiger partial charge in [0.05, 0.1) is 0 Å². The number of hydrogen-bond acceptors (Lipinski definition) is 2. The van der Waals surface area contributed by atoms with E-state index in [2.05, 4.69) is 35.4 Å². The molecule has 106 valence electrons. The van der Waals surface area contributed by atoms with Crippen LogP contribution >= 0.6 is 0 Å². The van der Waals surface area contributed by atoms with Crippen molar-refractivity contribution in [1.82, 2.24) is 10.3 Å². The van der Waals surface area contributed by atoms with Gasteiger partial charge in [-0.3, -0.25) is 4.79 Å². The van der Waals surface area contributed by atoms with Gasteiger partial charge in [0.2, 0.25) is 0 Å². The molecule has 3 rings (SSSR count). The molecule has 0 aliphatic rings. The molecule has 0 amide bonds. The van der Waals surface area contributed by atoms with Gasteiger partial charge in [0.25, 0.3) is 5.56 Å². The van der Waals surface area contributed by atoms with E-state index in [9.17, 15) is 4.79 Å². The fourth-order valence-electron chi connectivity index (χ4n) is 2.72. The van der Waals surface area contributed by atoms with E-state index in [4.69, 9.17) is 0 Å². The number of pyridine rings is 1. The lowest BCUT2D eigenvalue weighted by Crippen LogP contribution is -2.09. The van der Waals surface area contributed by atoms with Crippen molar-refractivity contribution in [3.05, 3.63) is 70.1 Å². The molecule has 0 saturated heterocycles. The standard InChI is InChI=1S/C18H18N2O/c1-12-5-3-4-6-14(12)17-11-20-18(21)16-9-13(10-19-2)7-8-15(16)17/h3-9,11,19H,10H2,1-2H3,(H,20,21). The second kappa shape index (κ2) is 5.54. The van der Waals surface area contributed by atoms with Crippen LogP contribution in [0.5, 0.6) is 0 Å². The average molecular weight is 278 g/mol. The summed E-state index contributed by atoms with van der Waals surface area (Å²) in [6, 6.07) is 14.3. The third-order valence-electron chi connectivity index (χ3n) is 3.78. The van der Waals surface area contributed by atoms with Gasteiger partial charge >= 0.3 is 0 Å². The van der Waals surface area contributed by atoms with Crippen LogP contribution in [-0.4, -0.2) is 12.0 Å². The van der Waals surface area contributed by atoms with Crippen molar-refractivity contribution < 1.29 is 0 Å². The smallest absolute Gasteiger partial charge is 0.255 e. The van der Waals surface area contributed by atoms with Crippen molar-refractivity contribution in [2.45, 2.75) is 13.5 Å². The molecule has 2 aromatic carbocycles. The van der Waals surface area contributed by atoms with Gasteiger partial charge in [-0.2, -0.15) is 0 Å². The minimum absolute atomic E-state index is 0.0414. The maximum atomic E-state index is 12.1. The highest BCUT2D eigenvalue weighted by atomic mass is 16.1. The van der Waals surface area contributed by atoms with E-state index in [1.165, 1.54) is 5.56 Å². The fraction of sp³-hybridized carbons (Fsp3) is 0.167. The number of aryl methyl sites for hydroxylation is 1. The summed E-state index contributed by atoms with van der Waals surface area (Å²) in [5.41, 5.74) is 4.49. The SMILES string of the molecule is CNCc1ccc2c(-c3ccccc3C)c[nH]c(=O)c2c1. The quantitative estimate of drug-likeness (QED) is 0.772. The third kappa shape index (κ3) is 2.48. The van der Waals surface area contributed by atoms with Crippen LogP contribution in [0.2, 0.25) is 0 Å². The largest absolute Gasteiger partial charge is 0.328 e. The van der Waals surface area contributed by atoms with E-state index in [1.54, 1.807) is 0 Å². The lowest BCUT2D eigenvalue weighted by atomic mass is 9.96. The Kier molecular flexibility index (Phi) is 3.59. The highest BCUT2D eigenvalue weighted by Gasteiger charge is 2.09. The van der Waals surface area contributed by atoms with Gasteiger partial charge in [-0.05, 0) is 42.1 Å². The van der Waals surface area contributed by atoms with Gasteiger partial charge in [0, 0.05) is 23.7 Å². The highest BCUT2D eigenvalue weighted by Crippen LogP contribution is 2.29. The van der Waals surface area contributed by atoms with Gasteiger partial charge in [0.15, 0.2) is 0 Å². The van der Waals surface area contributed by atoms with E-state index < -0.39 is 0 Å². The Hall–Kier alpha value is -2.39.